The molecule has 0 spiro atoms. The molecule has 2 N–H and O–H groups in total. The van der Waals surface area contributed by atoms with E-state index in [4.69, 9.17) is 0 Å². The lowest BCUT2D eigenvalue weighted by Gasteiger charge is -2.11. The molecule has 6 heteroatoms. The van der Waals surface area contributed by atoms with Gasteiger partial charge in [-0.05, 0) is 12.1 Å². The first-order valence-corrected chi connectivity index (χ1v) is 5.08. The lowest BCUT2D eigenvalue weighted by Crippen LogP contribution is -2.35. The van der Waals surface area contributed by atoms with Crippen molar-refractivity contribution in [1.82, 2.24) is 5.32 Å². The van der Waals surface area contributed by atoms with Crippen LogP contribution in [0.4, 0.5) is 14.5 Å². The van der Waals surface area contributed by atoms with Crippen LogP contribution in [0.3, 0.4) is 0 Å². The number of halogens is 2. The summed E-state index contributed by atoms with van der Waals surface area (Å²) in [6.45, 7) is 0.109. The summed E-state index contributed by atoms with van der Waals surface area (Å²) in [7, 11) is 0. The van der Waals surface area contributed by atoms with Gasteiger partial charge in [0.15, 0.2) is 0 Å². The monoisotopic (exact) mass is 240 g/mol. The number of carbonyl (C=O) groups is 2. The number of ketones is 1. The fourth-order valence-corrected chi connectivity index (χ4v) is 1.62. The van der Waals surface area contributed by atoms with E-state index in [9.17, 15) is 18.4 Å². The summed E-state index contributed by atoms with van der Waals surface area (Å²) < 4.78 is 26.5. The van der Waals surface area contributed by atoms with Crippen LogP contribution in [0.2, 0.25) is 0 Å². The molecule has 90 valence electrons. The van der Waals surface area contributed by atoms with Gasteiger partial charge in [0.1, 0.15) is 23.1 Å². The number of para-hydroxylation sites is 1. The van der Waals surface area contributed by atoms with Gasteiger partial charge >= 0.3 is 0 Å². The van der Waals surface area contributed by atoms with Gasteiger partial charge in [-0.3, -0.25) is 14.9 Å². The standard InChI is InChI=1S/C11H10F2N2O2/c12-7-2-1-3-8(13)10(7)15-11(17)9-4-6(16)5-14-9/h1-3,9,14H,4-5H2,(H,15,17)/t9-/m0/s1. The number of rotatable bonds is 2. The zero-order chi connectivity index (χ0) is 12.4. The van der Waals surface area contributed by atoms with Crippen LogP contribution in [-0.2, 0) is 9.59 Å². The van der Waals surface area contributed by atoms with E-state index in [0.717, 1.165) is 12.1 Å². The summed E-state index contributed by atoms with van der Waals surface area (Å²) in [5, 5.41) is 4.80. The highest BCUT2D eigenvalue weighted by atomic mass is 19.1. The molecular formula is C11H10F2N2O2. The second kappa shape index (κ2) is 4.58. The maximum absolute atomic E-state index is 13.2. The third-order valence-electron chi connectivity index (χ3n) is 2.50. The Morgan fingerprint density at radius 2 is 2.00 bits per heavy atom. The van der Waals surface area contributed by atoms with Crippen LogP contribution in [0.15, 0.2) is 18.2 Å². The maximum Gasteiger partial charge on any atom is 0.242 e. The molecule has 4 nitrogen and oxygen atoms in total. The lowest BCUT2D eigenvalue weighted by molar-refractivity contribution is -0.120. The number of nitrogens with one attached hydrogen (secondary N) is 2. The molecule has 0 radical (unpaired) electrons. The van der Waals surface area contributed by atoms with Gasteiger partial charge in [-0.2, -0.15) is 0 Å². The Balaban J connectivity index is 2.11. The van der Waals surface area contributed by atoms with Crippen molar-refractivity contribution in [3.8, 4) is 0 Å². The Labute approximate surface area is 96.0 Å². The van der Waals surface area contributed by atoms with Crippen LogP contribution in [0.5, 0.6) is 0 Å². The van der Waals surface area contributed by atoms with Gasteiger partial charge in [-0.1, -0.05) is 6.07 Å². The second-order valence-corrected chi connectivity index (χ2v) is 3.76. The molecule has 1 saturated heterocycles. The van der Waals surface area contributed by atoms with E-state index in [2.05, 4.69) is 10.6 Å². The van der Waals surface area contributed by atoms with Crippen molar-refractivity contribution in [2.24, 2.45) is 0 Å². The summed E-state index contributed by atoms with van der Waals surface area (Å²) in [5.41, 5.74) is -0.487. The first-order valence-electron chi connectivity index (χ1n) is 5.08. The molecule has 0 aromatic heterocycles. The molecular weight excluding hydrogens is 230 g/mol. The second-order valence-electron chi connectivity index (χ2n) is 3.76. The van der Waals surface area contributed by atoms with Gasteiger partial charge in [-0.15, -0.1) is 0 Å². The highest BCUT2D eigenvalue weighted by molar-refractivity contribution is 6.00. The van der Waals surface area contributed by atoms with Crippen LogP contribution < -0.4 is 10.6 Å². The van der Waals surface area contributed by atoms with E-state index in [1.54, 1.807) is 0 Å². The smallest absolute Gasteiger partial charge is 0.242 e. The SMILES string of the molecule is O=C1CN[C@H](C(=O)Nc2c(F)cccc2F)C1. The van der Waals surface area contributed by atoms with E-state index >= 15 is 0 Å². The summed E-state index contributed by atoms with van der Waals surface area (Å²) in [6.07, 6.45) is 0.0436. The minimum absolute atomic E-state index is 0.0436. The van der Waals surface area contributed by atoms with Gasteiger partial charge < -0.3 is 5.32 Å². The molecule has 1 fully saturated rings. The van der Waals surface area contributed by atoms with E-state index in [1.807, 2.05) is 0 Å². The van der Waals surface area contributed by atoms with Gasteiger partial charge in [-0.25, -0.2) is 8.78 Å². The molecule has 1 heterocycles. The minimum atomic E-state index is -0.845. The van der Waals surface area contributed by atoms with E-state index in [1.165, 1.54) is 6.07 Å². The van der Waals surface area contributed by atoms with Crippen molar-refractivity contribution < 1.29 is 18.4 Å². The Kier molecular flexibility index (Phi) is 3.14. The molecule has 0 aliphatic carbocycles. The van der Waals surface area contributed by atoms with Crippen LogP contribution >= 0.6 is 0 Å². The van der Waals surface area contributed by atoms with Crippen LogP contribution in [-0.4, -0.2) is 24.3 Å². The molecule has 1 aliphatic heterocycles. The summed E-state index contributed by atoms with van der Waals surface area (Å²) >= 11 is 0. The van der Waals surface area contributed by atoms with Crippen molar-refractivity contribution in [1.29, 1.82) is 0 Å². The number of Topliss-reactive ketones (excluding diaryl/α,β-unsaturated/α-hetero) is 1. The van der Waals surface area contributed by atoms with Gasteiger partial charge in [0.25, 0.3) is 0 Å². The summed E-state index contributed by atoms with van der Waals surface area (Å²) in [5.74, 6) is -2.40. The molecule has 0 bridgehead atoms. The van der Waals surface area contributed by atoms with Crippen molar-refractivity contribution in [3.63, 3.8) is 0 Å². The topological polar surface area (TPSA) is 58.2 Å². The first-order chi connectivity index (χ1) is 8.08. The molecule has 2 rings (SSSR count). The first kappa shape index (κ1) is 11.7. The summed E-state index contributed by atoms with van der Waals surface area (Å²) in [4.78, 5) is 22.6. The van der Waals surface area contributed by atoms with Gasteiger partial charge in [0.05, 0.1) is 12.6 Å². The number of hydrogen-bond donors (Lipinski definition) is 2. The quantitative estimate of drug-likeness (QED) is 0.805. The van der Waals surface area contributed by atoms with E-state index in [-0.39, 0.29) is 18.7 Å². The average molecular weight is 240 g/mol. The van der Waals surface area contributed by atoms with E-state index in [0.29, 0.717) is 0 Å². The maximum atomic E-state index is 13.2. The van der Waals surface area contributed by atoms with Crippen molar-refractivity contribution >= 4 is 17.4 Å². The molecule has 1 aromatic rings. The molecule has 17 heavy (non-hydrogen) atoms. The molecule has 0 unspecified atom stereocenters. The Hall–Kier alpha value is -1.82. The number of carbonyl (C=O) groups excluding carboxylic acids is 2. The van der Waals surface area contributed by atoms with Crippen molar-refractivity contribution in [2.45, 2.75) is 12.5 Å². The number of hydrogen-bond acceptors (Lipinski definition) is 3. The summed E-state index contributed by atoms with van der Waals surface area (Å²) in [6, 6.07) is 2.58. The molecule has 1 amide bonds. The van der Waals surface area contributed by atoms with Crippen molar-refractivity contribution in [2.75, 3.05) is 11.9 Å². The zero-order valence-corrected chi connectivity index (χ0v) is 8.80. The number of amides is 1. The van der Waals surface area contributed by atoms with Crippen LogP contribution in [0.25, 0.3) is 0 Å². The third-order valence-corrected chi connectivity index (χ3v) is 2.50. The predicted molar refractivity (Wildman–Crippen MR) is 56.4 cm³/mol. The third kappa shape index (κ3) is 2.47. The molecule has 1 aromatic carbocycles. The largest absolute Gasteiger partial charge is 0.320 e. The molecule has 1 atom stereocenters. The number of anilines is 1. The van der Waals surface area contributed by atoms with Crippen LogP contribution in [0, 0.1) is 11.6 Å². The minimum Gasteiger partial charge on any atom is -0.320 e. The van der Waals surface area contributed by atoms with Crippen molar-refractivity contribution in [3.05, 3.63) is 29.8 Å². The fourth-order valence-electron chi connectivity index (χ4n) is 1.62. The van der Waals surface area contributed by atoms with Gasteiger partial charge in [0, 0.05) is 6.42 Å². The average Bonchev–Trinajstić information content (AvgIpc) is 2.70. The van der Waals surface area contributed by atoms with E-state index < -0.39 is 29.3 Å². The Bertz CT molecular complexity index is 456. The normalized spacial score (nSPS) is 19.4. The highest BCUT2D eigenvalue weighted by Gasteiger charge is 2.28. The molecule has 1 aliphatic rings. The Morgan fingerprint density at radius 3 is 2.53 bits per heavy atom. The van der Waals surface area contributed by atoms with Crippen LogP contribution in [0.1, 0.15) is 6.42 Å². The predicted octanol–water partition coefficient (Wildman–Crippen LogP) is 0.834. The number of benzene rings is 1. The highest BCUT2D eigenvalue weighted by Crippen LogP contribution is 2.18. The fraction of sp³-hybridized carbons (Fsp3) is 0.273. The van der Waals surface area contributed by atoms with Gasteiger partial charge in [0.2, 0.25) is 5.91 Å². The Morgan fingerprint density at radius 1 is 1.35 bits per heavy atom. The molecule has 0 saturated carbocycles. The lowest BCUT2D eigenvalue weighted by atomic mass is 10.2. The zero-order valence-electron chi connectivity index (χ0n) is 8.80.